The van der Waals surface area contributed by atoms with Crippen molar-refractivity contribution in [2.75, 3.05) is 19.6 Å². The third-order valence-electron chi connectivity index (χ3n) is 2.70. The summed E-state index contributed by atoms with van der Waals surface area (Å²) in [6.45, 7) is 1.23. The summed E-state index contributed by atoms with van der Waals surface area (Å²) in [7, 11) is -3.58. The second-order valence-corrected chi connectivity index (χ2v) is 7.13. The van der Waals surface area contributed by atoms with Crippen molar-refractivity contribution >= 4 is 44.3 Å². The second kappa shape index (κ2) is 11.0. The molecule has 6 nitrogen and oxygen atoms in total. The van der Waals surface area contributed by atoms with Crippen LogP contribution in [0.3, 0.4) is 0 Å². The fraction of sp³-hybridized carbons (Fsp3) is 0.462. The van der Waals surface area contributed by atoms with E-state index in [1.807, 2.05) is 0 Å². The lowest BCUT2D eigenvalue weighted by atomic mass is 10.3. The van der Waals surface area contributed by atoms with Crippen molar-refractivity contribution in [1.29, 1.82) is 0 Å². The van der Waals surface area contributed by atoms with Crippen LogP contribution in [-0.4, -0.2) is 34.0 Å². The number of unbranched alkanes of at least 4 members (excludes halogenated alkanes) is 1. The maximum absolute atomic E-state index is 12.0. The summed E-state index contributed by atoms with van der Waals surface area (Å²) in [4.78, 5) is 11.7. The molecule has 1 rings (SSSR count). The van der Waals surface area contributed by atoms with Crippen LogP contribution in [0.1, 0.15) is 19.3 Å². The Morgan fingerprint density at radius 1 is 1.23 bits per heavy atom. The Morgan fingerprint density at radius 2 is 1.95 bits per heavy atom. The number of sulfonamides is 1. The maximum Gasteiger partial charge on any atom is 0.240 e. The maximum atomic E-state index is 12.0. The highest BCUT2D eigenvalue weighted by Gasteiger charge is 2.14. The first kappa shape index (κ1) is 21.3. The van der Waals surface area contributed by atoms with Crippen LogP contribution in [0.4, 0.5) is 0 Å². The molecule has 0 saturated carbocycles. The lowest BCUT2D eigenvalue weighted by molar-refractivity contribution is -0.120. The Bertz CT molecular complexity index is 569. The molecule has 0 atom stereocenters. The number of nitrogens with one attached hydrogen (secondary N) is 2. The van der Waals surface area contributed by atoms with Crippen LogP contribution >= 0.6 is 28.3 Å². The highest BCUT2D eigenvalue weighted by molar-refractivity contribution is 9.10. The Kier molecular flexibility index (Phi) is 10.6. The molecule has 0 aliphatic carbocycles. The number of benzene rings is 1. The van der Waals surface area contributed by atoms with Crippen LogP contribution < -0.4 is 15.8 Å². The molecule has 1 aromatic carbocycles. The molecule has 0 radical (unpaired) electrons. The molecule has 1 amide bonds. The Labute approximate surface area is 145 Å². The predicted molar refractivity (Wildman–Crippen MR) is 92.5 cm³/mol. The van der Waals surface area contributed by atoms with E-state index >= 15 is 0 Å². The van der Waals surface area contributed by atoms with E-state index in [9.17, 15) is 13.2 Å². The van der Waals surface area contributed by atoms with Crippen LogP contribution in [0.25, 0.3) is 0 Å². The zero-order valence-electron chi connectivity index (χ0n) is 12.0. The van der Waals surface area contributed by atoms with Crippen LogP contribution in [0.5, 0.6) is 0 Å². The molecular formula is C13H21BrClN3O3S. The molecule has 0 fully saturated rings. The van der Waals surface area contributed by atoms with Crippen molar-refractivity contribution in [2.24, 2.45) is 5.73 Å². The summed E-state index contributed by atoms with van der Waals surface area (Å²) < 4.78 is 27.1. The third kappa shape index (κ3) is 8.09. The summed E-state index contributed by atoms with van der Waals surface area (Å²) in [6, 6.07) is 6.39. The van der Waals surface area contributed by atoms with Gasteiger partial charge in [-0.3, -0.25) is 4.79 Å². The molecule has 0 heterocycles. The minimum Gasteiger partial charge on any atom is -0.356 e. The van der Waals surface area contributed by atoms with Gasteiger partial charge in [0, 0.05) is 24.0 Å². The van der Waals surface area contributed by atoms with Crippen molar-refractivity contribution in [3.63, 3.8) is 0 Å². The lowest BCUT2D eigenvalue weighted by Gasteiger charge is -2.08. The number of amides is 1. The summed E-state index contributed by atoms with van der Waals surface area (Å²) in [5.74, 6) is -0.177. The molecule has 0 aliphatic rings. The number of halogens is 2. The van der Waals surface area contributed by atoms with E-state index in [4.69, 9.17) is 5.73 Å². The molecule has 9 heteroatoms. The van der Waals surface area contributed by atoms with Gasteiger partial charge in [-0.25, -0.2) is 13.1 Å². The average Bonchev–Trinajstić information content (AvgIpc) is 2.43. The summed E-state index contributed by atoms with van der Waals surface area (Å²) in [5, 5.41) is 2.72. The molecule has 4 N–H and O–H groups in total. The van der Waals surface area contributed by atoms with Gasteiger partial charge in [0.25, 0.3) is 0 Å². The monoisotopic (exact) mass is 413 g/mol. The standard InChI is InChI=1S/C13H20BrN3O3S.ClH/c14-11-4-3-5-12(10-11)21(19,20)17-9-6-13(18)16-8-2-1-7-15;/h3-5,10,17H,1-2,6-9,15H2,(H,16,18);1H. The zero-order chi connectivity index (χ0) is 15.7. The molecule has 0 aromatic heterocycles. The molecule has 22 heavy (non-hydrogen) atoms. The van der Waals surface area contributed by atoms with E-state index in [0.717, 1.165) is 12.8 Å². The smallest absolute Gasteiger partial charge is 0.240 e. The minimum atomic E-state index is -3.58. The molecule has 0 aliphatic heterocycles. The van der Waals surface area contributed by atoms with Gasteiger partial charge in [0.1, 0.15) is 0 Å². The number of hydrogen-bond acceptors (Lipinski definition) is 4. The van der Waals surface area contributed by atoms with Gasteiger partial charge in [0.15, 0.2) is 0 Å². The van der Waals surface area contributed by atoms with Crippen LogP contribution in [0.2, 0.25) is 0 Å². The van der Waals surface area contributed by atoms with Crippen molar-refractivity contribution < 1.29 is 13.2 Å². The number of carbonyl (C=O) groups excluding carboxylic acids is 1. The van der Waals surface area contributed by atoms with Crippen molar-refractivity contribution in [1.82, 2.24) is 10.0 Å². The largest absolute Gasteiger partial charge is 0.356 e. The molecule has 0 saturated heterocycles. The molecule has 0 spiro atoms. The van der Waals surface area contributed by atoms with E-state index in [2.05, 4.69) is 26.0 Å². The number of hydrogen-bond donors (Lipinski definition) is 3. The van der Waals surface area contributed by atoms with Crippen molar-refractivity contribution in [3.05, 3.63) is 28.7 Å². The third-order valence-corrected chi connectivity index (χ3v) is 4.66. The molecule has 1 aromatic rings. The van der Waals surface area contributed by atoms with Crippen molar-refractivity contribution in [3.8, 4) is 0 Å². The van der Waals surface area contributed by atoms with Gasteiger partial charge >= 0.3 is 0 Å². The molecule has 0 bridgehead atoms. The van der Waals surface area contributed by atoms with Gasteiger partial charge in [-0.2, -0.15) is 0 Å². The SMILES string of the molecule is Cl.NCCCCNC(=O)CCNS(=O)(=O)c1cccc(Br)c1. The van der Waals surface area contributed by atoms with E-state index in [1.54, 1.807) is 12.1 Å². The van der Waals surface area contributed by atoms with Crippen LogP contribution in [0.15, 0.2) is 33.6 Å². The summed E-state index contributed by atoms with van der Waals surface area (Å²) in [6.07, 6.45) is 1.79. The first-order valence-electron chi connectivity index (χ1n) is 6.67. The fourth-order valence-electron chi connectivity index (χ4n) is 1.60. The highest BCUT2D eigenvalue weighted by Crippen LogP contribution is 2.15. The second-order valence-electron chi connectivity index (χ2n) is 4.45. The predicted octanol–water partition coefficient (Wildman–Crippen LogP) is 1.39. The molecular weight excluding hydrogens is 394 g/mol. The van der Waals surface area contributed by atoms with Crippen molar-refractivity contribution in [2.45, 2.75) is 24.2 Å². The Balaban J connectivity index is 0.00000441. The normalized spacial score (nSPS) is 10.8. The number of rotatable bonds is 9. The summed E-state index contributed by atoms with van der Waals surface area (Å²) in [5.41, 5.74) is 5.35. The Hall–Kier alpha value is -0.670. The highest BCUT2D eigenvalue weighted by atomic mass is 79.9. The average molecular weight is 415 g/mol. The Morgan fingerprint density at radius 3 is 2.59 bits per heavy atom. The van der Waals surface area contributed by atoms with E-state index in [-0.39, 0.29) is 36.2 Å². The van der Waals surface area contributed by atoms with Gasteiger partial charge < -0.3 is 11.1 Å². The van der Waals surface area contributed by atoms with Gasteiger partial charge in [0.2, 0.25) is 15.9 Å². The lowest BCUT2D eigenvalue weighted by Crippen LogP contribution is -2.31. The zero-order valence-corrected chi connectivity index (χ0v) is 15.3. The van der Waals surface area contributed by atoms with Gasteiger partial charge in [-0.1, -0.05) is 22.0 Å². The number of carbonyl (C=O) groups is 1. The van der Waals surface area contributed by atoms with Crippen LogP contribution in [-0.2, 0) is 14.8 Å². The number of nitrogens with two attached hydrogens (primary N) is 1. The van der Waals surface area contributed by atoms with Crippen LogP contribution in [0, 0.1) is 0 Å². The van der Waals surface area contributed by atoms with Gasteiger partial charge in [-0.15, -0.1) is 12.4 Å². The molecule has 126 valence electrons. The first-order chi connectivity index (χ1) is 9.95. The van der Waals surface area contributed by atoms with Gasteiger partial charge in [0.05, 0.1) is 4.90 Å². The van der Waals surface area contributed by atoms with E-state index in [1.165, 1.54) is 12.1 Å². The quantitative estimate of drug-likeness (QED) is 0.532. The van der Waals surface area contributed by atoms with Gasteiger partial charge in [-0.05, 0) is 37.6 Å². The fourth-order valence-corrected chi connectivity index (χ4v) is 3.23. The topological polar surface area (TPSA) is 101 Å². The van der Waals surface area contributed by atoms with E-state index in [0.29, 0.717) is 17.6 Å². The first-order valence-corrected chi connectivity index (χ1v) is 8.95. The van der Waals surface area contributed by atoms with E-state index < -0.39 is 10.0 Å². The molecule has 0 unspecified atom stereocenters. The summed E-state index contributed by atoms with van der Waals surface area (Å²) >= 11 is 3.22. The minimum absolute atomic E-state index is 0.